The number of benzene rings is 1. The molecule has 0 N–H and O–H groups in total. The summed E-state index contributed by atoms with van der Waals surface area (Å²) < 4.78 is 12.7. The van der Waals surface area contributed by atoms with Gasteiger partial charge in [-0.2, -0.15) is 0 Å². The zero-order valence-corrected chi connectivity index (χ0v) is 8.80. The van der Waals surface area contributed by atoms with Gasteiger partial charge in [0.25, 0.3) is 0 Å². The number of carbonyl (C=O) groups excluding carboxylic acids is 1. The smallest absolute Gasteiger partial charge is 0.211 e. The first kappa shape index (κ1) is 12.3. The van der Waals surface area contributed by atoms with Gasteiger partial charge in [0.2, 0.25) is 6.54 Å². The summed E-state index contributed by atoms with van der Waals surface area (Å²) in [5.74, 6) is -1.37. The van der Waals surface area contributed by atoms with Crippen molar-refractivity contribution in [2.75, 3.05) is 6.54 Å². The molecule has 0 fully saturated rings. The number of aldehydes is 1. The summed E-state index contributed by atoms with van der Waals surface area (Å²) in [5, 5.41) is 10.5. The molecule has 0 amide bonds. The predicted molar refractivity (Wildman–Crippen MR) is 56.2 cm³/mol. The number of hydrogen-bond acceptors (Lipinski definition) is 3. The molecule has 0 aliphatic heterocycles. The lowest BCUT2D eigenvalue weighted by molar-refractivity contribution is -0.484. The molecular weight excluding hydrogens is 213 g/mol. The largest absolute Gasteiger partial charge is 0.303 e. The highest BCUT2D eigenvalue weighted by Gasteiger charge is 2.24. The highest BCUT2D eigenvalue weighted by atomic mass is 19.1. The second kappa shape index (κ2) is 5.34. The highest BCUT2D eigenvalue weighted by Crippen LogP contribution is 2.23. The Morgan fingerprint density at radius 2 is 2.00 bits per heavy atom. The van der Waals surface area contributed by atoms with Gasteiger partial charge in [-0.05, 0) is 17.7 Å². The molecule has 5 heteroatoms. The number of halogens is 1. The van der Waals surface area contributed by atoms with Gasteiger partial charge in [0.05, 0.1) is 5.92 Å². The van der Waals surface area contributed by atoms with E-state index in [4.69, 9.17) is 0 Å². The molecule has 0 radical (unpaired) electrons. The first-order valence-corrected chi connectivity index (χ1v) is 4.87. The summed E-state index contributed by atoms with van der Waals surface area (Å²) in [7, 11) is 0. The molecule has 0 unspecified atom stereocenters. The third-order valence-corrected chi connectivity index (χ3v) is 2.49. The van der Waals surface area contributed by atoms with E-state index >= 15 is 0 Å². The van der Waals surface area contributed by atoms with Crippen LogP contribution in [0, 0.1) is 21.8 Å². The van der Waals surface area contributed by atoms with Gasteiger partial charge >= 0.3 is 0 Å². The zero-order chi connectivity index (χ0) is 12.1. The van der Waals surface area contributed by atoms with E-state index < -0.39 is 22.6 Å². The van der Waals surface area contributed by atoms with Gasteiger partial charge < -0.3 is 4.79 Å². The monoisotopic (exact) mass is 225 g/mol. The van der Waals surface area contributed by atoms with Crippen LogP contribution in [0.3, 0.4) is 0 Å². The van der Waals surface area contributed by atoms with Gasteiger partial charge in [-0.15, -0.1) is 0 Å². The molecule has 0 spiro atoms. The van der Waals surface area contributed by atoms with Crippen LogP contribution in [-0.4, -0.2) is 17.8 Å². The molecule has 0 saturated heterocycles. The second-order valence-corrected chi connectivity index (χ2v) is 3.67. The molecule has 0 bridgehead atoms. The number of hydrogen-bond donors (Lipinski definition) is 0. The Kier molecular flexibility index (Phi) is 4.10. The average Bonchev–Trinajstić information content (AvgIpc) is 2.26. The summed E-state index contributed by atoms with van der Waals surface area (Å²) in [6.45, 7) is 1.29. The molecule has 0 aromatic heterocycles. The van der Waals surface area contributed by atoms with Crippen LogP contribution in [0.5, 0.6) is 0 Å². The Balaban J connectivity index is 2.95. The van der Waals surface area contributed by atoms with Crippen molar-refractivity contribution < 1.29 is 14.1 Å². The molecule has 86 valence electrons. The van der Waals surface area contributed by atoms with Crippen molar-refractivity contribution in [1.29, 1.82) is 0 Å². The lowest BCUT2D eigenvalue weighted by Crippen LogP contribution is -2.20. The van der Waals surface area contributed by atoms with E-state index in [1.807, 2.05) is 0 Å². The van der Waals surface area contributed by atoms with E-state index in [1.165, 1.54) is 24.3 Å². The SMILES string of the molecule is C[C@H](C=O)[C@H](C[N+](=O)[O-])c1ccc(F)cc1. The minimum absolute atomic E-state index is 0.328. The zero-order valence-electron chi connectivity index (χ0n) is 8.80. The van der Waals surface area contributed by atoms with Crippen LogP contribution < -0.4 is 0 Å². The Labute approximate surface area is 92.2 Å². The van der Waals surface area contributed by atoms with Gasteiger partial charge in [0.1, 0.15) is 12.1 Å². The highest BCUT2D eigenvalue weighted by molar-refractivity contribution is 5.55. The van der Waals surface area contributed by atoms with Crippen LogP contribution in [0.25, 0.3) is 0 Å². The minimum atomic E-state index is -0.506. The summed E-state index contributed by atoms with van der Waals surface area (Å²) in [6.07, 6.45) is 0.678. The molecule has 1 rings (SSSR count). The maximum atomic E-state index is 12.7. The second-order valence-electron chi connectivity index (χ2n) is 3.67. The van der Waals surface area contributed by atoms with E-state index in [0.29, 0.717) is 11.8 Å². The van der Waals surface area contributed by atoms with Gasteiger partial charge in [-0.3, -0.25) is 10.1 Å². The van der Waals surface area contributed by atoms with Crippen LogP contribution in [-0.2, 0) is 4.79 Å². The van der Waals surface area contributed by atoms with E-state index in [1.54, 1.807) is 6.92 Å². The van der Waals surface area contributed by atoms with Crippen molar-refractivity contribution in [3.63, 3.8) is 0 Å². The maximum absolute atomic E-state index is 12.7. The normalized spacial score (nSPS) is 14.1. The van der Waals surface area contributed by atoms with Crippen LogP contribution in [0.2, 0.25) is 0 Å². The fraction of sp³-hybridized carbons (Fsp3) is 0.364. The lowest BCUT2D eigenvalue weighted by Gasteiger charge is -2.15. The standard InChI is InChI=1S/C11H12FNO3/c1-8(7-14)11(6-13(15)16)9-2-4-10(12)5-3-9/h2-5,7-8,11H,6H2,1H3/t8-,11+/m1/s1. The van der Waals surface area contributed by atoms with Crippen LogP contribution in [0.15, 0.2) is 24.3 Å². The molecule has 1 aromatic carbocycles. The molecule has 2 atom stereocenters. The van der Waals surface area contributed by atoms with Crippen molar-refractivity contribution in [3.05, 3.63) is 45.8 Å². The molecule has 0 aliphatic carbocycles. The van der Waals surface area contributed by atoms with Crippen molar-refractivity contribution in [1.82, 2.24) is 0 Å². The van der Waals surface area contributed by atoms with Gasteiger partial charge in [-0.25, -0.2) is 4.39 Å². The van der Waals surface area contributed by atoms with Gasteiger partial charge in [-0.1, -0.05) is 19.1 Å². The van der Waals surface area contributed by atoms with Crippen LogP contribution in [0.4, 0.5) is 4.39 Å². The molecule has 0 heterocycles. The minimum Gasteiger partial charge on any atom is -0.303 e. The quantitative estimate of drug-likeness (QED) is 0.437. The van der Waals surface area contributed by atoms with E-state index in [9.17, 15) is 19.3 Å². The predicted octanol–water partition coefficient (Wildman–Crippen LogP) is 2.02. The van der Waals surface area contributed by atoms with Crippen molar-refractivity contribution in [2.45, 2.75) is 12.8 Å². The van der Waals surface area contributed by atoms with E-state index in [2.05, 4.69) is 0 Å². The Hall–Kier alpha value is -1.78. The third-order valence-electron chi connectivity index (χ3n) is 2.49. The molecule has 4 nitrogen and oxygen atoms in total. The Bertz CT molecular complexity index is 377. The lowest BCUT2D eigenvalue weighted by atomic mass is 9.88. The topological polar surface area (TPSA) is 60.2 Å². The van der Waals surface area contributed by atoms with Crippen molar-refractivity contribution >= 4 is 6.29 Å². The summed E-state index contributed by atoms with van der Waals surface area (Å²) >= 11 is 0. The molecular formula is C11H12FNO3. The maximum Gasteiger partial charge on any atom is 0.211 e. The Morgan fingerprint density at radius 3 is 2.44 bits per heavy atom. The summed E-state index contributed by atoms with van der Waals surface area (Å²) in [6, 6.07) is 5.42. The fourth-order valence-electron chi connectivity index (χ4n) is 1.54. The van der Waals surface area contributed by atoms with Crippen LogP contribution in [0.1, 0.15) is 18.4 Å². The number of carbonyl (C=O) groups is 1. The molecule has 1 aromatic rings. The summed E-state index contributed by atoms with van der Waals surface area (Å²) in [4.78, 5) is 20.7. The fourth-order valence-corrected chi connectivity index (χ4v) is 1.54. The Morgan fingerprint density at radius 1 is 1.44 bits per heavy atom. The van der Waals surface area contributed by atoms with Gasteiger partial charge in [0, 0.05) is 10.8 Å². The first-order chi connectivity index (χ1) is 7.54. The number of nitro groups is 1. The van der Waals surface area contributed by atoms with E-state index in [0.717, 1.165) is 0 Å². The van der Waals surface area contributed by atoms with Crippen LogP contribution >= 0.6 is 0 Å². The summed E-state index contributed by atoms with van der Waals surface area (Å²) in [5.41, 5.74) is 0.609. The third kappa shape index (κ3) is 3.12. The molecule has 0 saturated carbocycles. The van der Waals surface area contributed by atoms with Crippen molar-refractivity contribution in [3.8, 4) is 0 Å². The van der Waals surface area contributed by atoms with Gasteiger partial charge in [0.15, 0.2) is 0 Å². The number of rotatable bonds is 5. The molecule has 16 heavy (non-hydrogen) atoms. The number of nitrogens with zero attached hydrogens (tertiary/aromatic N) is 1. The van der Waals surface area contributed by atoms with Crippen molar-refractivity contribution in [2.24, 2.45) is 5.92 Å². The average molecular weight is 225 g/mol. The van der Waals surface area contributed by atoms with E-state index in [-0.39, 0.29) is 6.54 Å². The molecule has 0 aliphatic rings. The first-order valence-electron chi connectivity index (χ1n) is 4.87.